The van der Waals surface area contributed by atoms with Crippen LogP contribution >= 0.6 is 11.3 Å². The normalized spacial score (nSPS) is 10.7. The average Bonchev–Trinajstić information content (AvgIpc) is 2.61. The van der Waals surface area contributed by atoms with Gasteiger partial charge < -0.3 is 4.74 Å². The van der Waals surface area contributed by atoms with Gasteiger partial charge in [-0.1, -0.05) is 4.40 Å². The van der Waals surface area contributed by atoms with Gasteiger partial charge in [0.25, 0.3) is 6.08 Å². The Morgan fingerprint density at radius 3 is 2.76 bits per heavy atom. The minimum absolute atomic E-state index is 0.103. The van der Waals surface area contributed by atoms with Crippen molar-refractivity contribution < 1.29 is 22.7 Å². The lowest BCUT2D eigenvalue weighted by Crippen LogP contribution is -2.08. The predicted octanol–water partition coefficient (Wildman–Crippen LogP) is 0.653. The van der Waals surface area contributed by atoms with Crippen LogP contribution in [0, 0.1) is 6.92 Å². The molecule has 1 rings (SSSR count). The smallest absolute Gasteiger partial charge is 0.351 e. The molecule has 7 nitrogen and oxygen atoms in total. The lowest BCUT2D eigenvalue weighted by Gasteiger charge is -1.99. The minimum atomic E-state index is -4.28. The van der Waals surface area contributed by atoms with Gasteiger partial charge in [0, 0.05) is 0 Å². The Morgan fingerprint density at radius 1 is 1.59 bits per heavy atom. The number of hydrogen-bond donors (Lipinski definition) is 0. The summed E-state index contributed by atoms with van der Waals surface area (Å²) in [6.07, 6.45) is 0.913. The summed E-state index contributed by atoms with van der Waals surface area (Å²) in [7, 11) is -4.28. The number of sulfonamides is 1. The van der Waals surface area contributed by atoms with Gasteiger partial charge in [0.2, 0.25) is 5.03 Å². The van der Waals surface area contributed by atoms with E-state index in [1.54, 1.807) is 6.92 Å². The van der Waals surface area contributed by atoms with Gasteiger partial charge in [-0.05, 0) is 13.8 Å². The molecule has 0 saturated carbocycles. The third-order valence-electron chi connectivity index (χ3n) is 1.57. The number of thiazole rings is 1. The maximum Gasteiger partial charge on any atom is 0.351 e. The van der Waals surface area contributed by atoms with Crippen LogP contribution in [0.4, 0.5) is 0 Å². The Labute approximate surface area is 101 Å². The monoisotopic (exact) mass is 276 g/mol. The molecule has 1 aromatic rings. The van der Waals surface area contributed by atoms with Crippen molar-refractivity contribution in [2.24, 2.45) is 4.40 Å². The molecule has 1 heterocycles. The lowest BCUT2D eigenvalue weighted by molar-refractivity contribution is 0.0527. The van der Waals surface area contributed by atoms with E-state index in [9.17, 15) is 18.0 Å². The molecule has 0 aromatic carbocycles. The fourth-order valence-corrected chi connectivity index (χ4v) is 2.96. The van der Waals surface area contributed by atoms with Crippen molar-refractivity contribution in [1.82, 2.24) is 4.98 Å². The van der Waals surface area contributed by atoms with Crippen LogP contribution in [0.3, 0.4) is 0 Å². The van der Waals surface area contributed by atoms with Crippen molar-refractivity contribution in [1.29, 1.82) is 0 Å². The summed E-state index contributed by atoms with van der Waals surface area (Å²) in [6, 6.07) is 0. The first-order valence-electron chi connectivity index (χ1n) is 4.41. The maximum absolute atomic E-state index is 11.5. The summed E-state index contributed by atoms with van der Waals surface area (Å²) < 4.78 is 30.3. The zero-order chi connectivity index (χ0) is 13.1. The first-order valence-corrected chi connectivity index (χ1v) is 6.66. The topological polar surface area (TPSA) is 103 Å². The fraction of sp³-hybridized carbons (Fsp3) is 0.375. The number of rotatable bonds is 4. The van der Waals surface area contributed by atoms with Gasteiger partial charge in [-0.3, -0.25) is 0 Å². The van der Waals surface area contributed by atoms with Crippen LogP contribution in [0.2, 0.25) is 0 Å². The molecule has 9 heteroatoms. The first kappa shape index (κ1) is 13.5. The van der Waals surface area contributed by atoms with Crippen molar-refractivity contribution in [3.8, 4) is 0 Å². The molecule has 0 N–H and O–H groups in total. The summed E-state index contributed by atoms with van der Waals surface area (Å²) in [6.45, 7) is 3.22. The second-order valence-electron chi connectivity index (χ2n) is 2.75. The number of esters is 1. The van der Waals surface area contributed by atoms with Crippen molar-refractivity contribution in [3.63, 3.8) is 0 Å². The van der Waals surface area contributed by atoms with Crippen LogP contribution in [-0.2, 0) is 19.6 Å². The molecule has 1 aromatic heterocycles. The van der Waals surface area contributed by atoms with Crippen LogP contribution in [-0.4, -0.2) is 32.1 Å². The molecule has 0 atom stereocenters. The van der Waals surface area contributed by atoms with Crippen LogP contribution in [0.15, 0.2) is 9.42 Å². The van der Waals surface area contributed by atoms with E-state index in [1.807, 2.05) is 0 Å². The highest BCUT2D eigenvalue weighted by atomic mass is 32.2. The zero-order valence-electron chi connectivity index (χ0n) is 8.96. The van der Waals surface area contributed by atoms with Crippen LogP contribution in [0.5, 0.6) is 0 Å². The van der Waals surface area contributed by atoms with E-state index in [2.05, 4.69) is 14.1 Å². The third-order valence-corrected chi connectivity index (χ3v) is 3.74. The lowest BCUT2D eigenvalue weighted by atomic mass is 10.5. The number of hydrogen-bond acceptors (Lipinski definition) is 7. The van der Waals surface area contributed by atoms with E-state index in [-0.39, 0.29) is 11.5 Å². The molecule has 0 aliphatic heterocycles. The molecule has 92 valence electrons. The van der Waals surface area contributed by atoms with E-state index >= 15 is 0 Å². The molecule has 0 radical (unpaired) electrons. The fourth-order valence-electron chi connectivity index (χ4n) is 1.00. The molecular weight excluding hydrogens is 268 g/mol. The maximum atomic E-state index is 11.5. The van der Waals surface area contributed by atoms with Crippen molar-refractivity contribution >= 4 is 33.4 Å². The first-order chi connectivity index (χ1) is 7.92. The summed E-state index contributed by atoms with van der Waals surface area (Å²) in [5.41, 5.74) is 0. The molecular formula is C8H8N2O5S2. The largest absolute Gasteiger partial charge is 0.462 e. The van der Waals surface area contributed by atoms with Gasteiger partial charge in [0.15, 0.2) is 4.88 Å². The summed E-state index contributed by atoms with van der Waals surface area (Å²) in [4.78, 5) is 24.9. The van der Waals surface area contributed by atoms with Crippen molar-refractivity contribution in [2.45, 2.75) is 18.9 Å². The number of isocyanates is 1. The number of ether oxygens (including phenoxy) is 1. The highest BCUT2D eigenvalue weighted by Gasteiger charge is 2.28. The average molecular weight is 276 g/mol. The summed E-state index contributed by atoms with van der Waals surface area (Å²) in [5.74, 6) is -0.808. The Bertz CT molecular complexity index is 583. The van der Waals surface area contributed by atoms with Gasteiger partial charge in [-0.15, -0.1) is 11.3 Å². The summed E-state index contributed by atoms with van der Waals surface area (Å²) >= 11 is 0.861. The minimum Gasteiger partial charge on any atom is -0.462 e. The molecule has 0 saturated heterocycles. The van der Waals surface area contributed by atoms with Gasteiger partial charge in [0.1, 0.15) is 0 Å². The number of nitrogens with zero attached hydrogens (tertiary/aromatic N) is 2. The second kappa shape index (κ2) is 5.17. The third kappa shape index (κ3) is 2.96. The number of aromatic nitrogens is 1. The quantitative estimate of drug-likeness (QED) is 0.454. The molecule has 0 fully saturated rings. The van der Waals surface area contributed by atoms with Gasteiger partial charge in [-0.25, -0.2) is 14.6 Å². The SMILES string of the molecule is CCOC(=O)c1sc(C)nc1S(=O)(=O)N=C=O. The van der Waals surface area contributed by atoms with Crippen LogP contribution < -0.4 is 0 Å². The Balaban J connectivity index is 3.35. The van der Waals surface area contributed by atoms with Crippen LogP contribution in [0.1, 0.15) is 21.6 Å². The Hall–Kier alpha value is -1.57. The Kier molecular flexibility index (Phi) is 4.11. The molecule has 0 bridgehead atoms. The van der Waals surface area contributed by atoms with E-state index in [0.717, 1.165) is 17.4 Å². The van der Waals surface area contributed by atoms with Crippen molar-refractivity contribution in [3.05, 3.63) is 9.88 Å². The highest BCUT2D eigenvalue weighted by Crippen LogP contribution is 2.24. The molecule has 0 spiro atoms. The standard InChI is InChI=1S/C8H8N2O5S2/c1-3-15-8(12)6-7(10-5(2)16-6)17(13,14)9-4-11/h3H2,1-2H3. The van der Waals surface area contributed by atoms with Gasteiger partial charge in [0.05, 0.1) is 11.6 Å². The van der Waals surface area contributed by atoms with E-state index in [1.165, 1.54) is 6.92 Å². The van der Waals surface area contributed by atoms with E-state index in [0.29, 0.717) is 5.01 Å². The summed E-state index contributed by atoms with van der Waals surface area (Å²) in [5, 5.41) is -0.213. The molecule has 17 heavy (non-hydrogen) atoms. The van der Waals surface area contributed by atoms with Crippen molar-refractivity contribution in [2.75, 3.05) is 6.61 Å². The molecule has 0 aliphatic carbocycles. The number of aryl methyl sites for hydroxylation is 1. The number of carbonyl (C=O) groups is 1. The Morgan fingerprint density at radius 2 is 2.24 bits per heavy atom. The molecule has 0 unspecified atom stereocenters. The zero-order valence-corrected chi connectivity index (χ0v) is 10.6. The van der Waals surface area contributed by atoms with Gasteiger partial charge >= 0.3 is 16.0 Å². The van der Waals surface area contributed by atoms with Gasteiger partial charge in [-0.2, -0.15) is 8.42 Å². The molecule has 0 aliphatic rings. The predicted molar refractivity (Wildman–Crippen MR) is 58.1 cm³/mol. The van der Waals surface area contributed by atoms with E-state index in [4.69, 9.17) is 0 Å². The second-order valence-corrected chi connectivity index (χ2v) is 5.47. The number of carbonyl (C=O) groups excluding carboxylic acids is 2. The van der Waals surface area contributed by atoms with Crippen LogP contribution in [0.25, 0.3) is 0 Å². The van der Waals surface area contributed by atoms with E-state index < -0.39 is 21.0 Å². The molecule has 0 amide bonds. The highest BCUT2D eigenvalue weighted by molar-refractivity contribution is 7.90.